The van der Waals surface area contributed by atoms with E-state index < -0.39 is 0 Å². The lowest BCUT2D eigenvalue weighted by atomic mass is 10.1. The maximum Gasteiger partial charge on any atom is 0.276 e. The molecule has 7 heteroatoms. The van der Waals surface area contributed by atoms with Gasteiger partial charge in [0.25, 0.3) is 5.91 Å². The first-order valence-electron chi connectivity index (χ1n) is 6.48. The van der Waals surface area contributed by atoms with Crippen molar-refractivity contribution in [2.75, 3.05) is 19.8 Å². The molecule has 1 saturated heterocycles. The van der Waals surface area contributed by atoms with E-state index in [1.165, 1.54) is 0 Å². The quantitative estimate of drug-likeness (QED) is 0.891. The van der Waals surface area contributed by atoms with E-state index in [1.54, 1.807) is 24.1 Å². The zero-order chi connectivity index (χ0) is 14.1. The third-order valence-corrected chi connectivity index (χ3v) is 3.44. The number of carbonyl (C=O) groups excluding carboxylic acids is 1. The molecule has 3 heterocycles. The van der Waals surface area contributed by atoms with Gasteiger partial charge in [0.1, 0.15) is 5.76 Å². The topological polar surface area (TPSA) is 84.2 Å². The number of ether oxygens (including phenoxy) is 1. The predicted molar refractivity (Wildman–Crippen MR) is 69.2 cm³/mol. The highest BCUT2D eigenvalue weighted by Crippen LogP contribution is 2.26. The van der Waals surface area contributed by atoms with Crippen molar-refractivity contribution in [3.63, 3.8) is 0 Å². The fourth-order valence-electron chi connectivity index (χ4n) is 2.39. The molecule has 0 unspecified atom stereocenters. The Morgan fingerprint density at radius 1 is 1.50 bits per heavy atom. The van der Waals surface area contributed by atoms with Crippen LogP contribution < -0.4 is 0 Å². The van der Waals surface area contributed by atoms with Gasteiger partial charge in [-0.05, 0) is 19.4 Å². The Morgan fingerprint density at radius 3 is 3.00 bits per heavy atom. The van der Waals surface area contributed by atoms with E-state index in [0.717, 1.165) is 11.3 Å². The number of hydrogen-bond donors (Lipinski definition) is 1. The van der Waals surface area contributed by atoms with E-state index in [0.29, 0.717) is 31.2 Å². The molecule has 2 aromatic rings. The molecule has 2 aromatic heterocycles. The van der Waals surface area contributed by atoms with Gasteiger partial charge < -0.3 is 14.2 Å². The number of amides is 1. The molecule has 0 aromatic carbocycles. The van der Waals surface area contributed by atoms with E-state index in [-0.39, 0.29) is 11.9 Å². The van der Waals surface area contributed by atoms with Crippen LogP contribution in [0.3, 0.4) is 0 Å². The van der Waals surface area contributed by atoms with E-state index in [9.17, 15) is 4.79 Å². The van der Waals surface area contributed by atoms with Gasteiger partial charge in [0.05, 0.1) is 31.1 Å². The molecule has 1 aliphatic heterocycles. The lowest BCUT2D eigenvalue weighted by molar-refractivity contribution is -0.00457. The summed E-state index contributed by atoms with van der Waals surface area (Å²) >= 11 is 0. The second-order valence-corrected chi connectivity index (χ2v) is 4.88. The Balaban J connectivity index is 1.89. The summed E-state index contributed by atoms with van der Waals surface area (Å²) in [5, 5.41) is 10.8. The van der Waals surface area contributed by atoms with Crippen molar-refractivity contribution in [3.8, 4) is 0 Å². The number of aryl methyl sites for hydroxylation is 2. The van der Waals surface area contributed by atoms with Crippen LogP contribution in [0, 0.1) is 13.8 Å². The Morgan fingerprint density at radius 2 is 2.35 bits per heavy atom. The number of nitrogens with zero attached hydrogens (tertiary/aromatic N) is 3. The van der Waals surface area contributed by atoms with Crippen LogP contribution in [0.25, 0.3) is 0 Å². The molecule has 106 valence electrons. The Hall–Kier alpha value is -2.15. The van der Waals surface area contributed by atoms with Crippen molar-refractivity contribution >= 4 is 5.91 Å². The third-order valence-electron chi connectivity index (χ3n) is 3.44. The highest BCUT2D eigenvalue weighted by Gasteiger charge is 2.32. The third kappa shape index (κ3) is 2.20. The zero-order valence-corrected chi connectivity index (χ0v) is 11.4. The number of aromatic nitrogens is 3. The zero-order valence-electron chi connectivity index (χ0n) is 11.4. The number of nitrogens with one attached hydrogen (secondary N) is 1. The van der Waals surface area contributed by atoms with E-state index >= 15 is 0 Å². The molecule has 3 rings (SSSR count). The maximum atomic E-state index is 12.5. The number of aromatic amines is 1. The minimum Gasteiger partial charge on any atom is -0.377 e. The van der Waals surface area contributed by atoms with Gasteiger partial charge in [0, 0.05) is 12.6 Å². The molecule has 1 aliphatic rings. The smallest absolute Gasteiger partial charge is 0.276 e. The summed E-state index contributed by atoms with van der Waals surface area (Å²) in [7, 11) is 0. The lowest BCUT2D eigenvalue weighted by Gasteiger charge is -2.34. The van der Waals surface area contributed by atoms with Crippen LogP contribution >= 0.6 is 0 Å². The van der Waals surface area contributed by atoms with Crippen molar-refractivity contribution in [1.82, 2.24) is 20.3 Å². The largest absolute Gasteiger partial charge is 0.377 e. The molecule has 0 aliphatic carbocycles. The molecule has 1 amide bonds. The average molecular weight is 276 g/mol. The standard InChI is InChI=1S/C13H16N4O3/c1-8-6-14-15-12(8)11-7-19-4-3-17(11)13(18)10-5-9(2)20-16-10/h5-6,11H,3-4,7H2,1-2H3,(H,14,15)/t11-/m0/s1. The Bertz CT molecular complexity index is 619. The number of morpholine rings is 1. The molecular weight excluding hydrogens is 260 g/mol. The number of hydrogen-bond acceptors (Lipinski definition) is 5. The first-order chi connectivity index (χ1) is 9.66. The second kappa shape index (κ2) is 5.09. The molecule has 0 saturated carbocycles. The van der Waals surface area contributed by atoms with E-state index in [2.05, 4.69) is 15.4 Å². The molecule has 1 atom stereocenters. The van der Waals surface area contributed by atoms with E-state index in [1.807, 2.05) is 6.92 Å². The molecular formula is C13H16N4O3. The Kier molecular flexibility index (Phi) is 3.27. The summed E-state index contributed by atoms with van der Waals surface area (Å²) in [5.41, 5.74) is 2.24. The van der Waals surface area contributed by atoms with Crippen molar-refractivity contribution in [2.24, 2.45) is 0 Å². The molecule has 1 N–H and O–H groups in total. The van der Waals surface area contributed by atoms with Gasteiger partial charge in [0.15, 0.2) is 5.69 Å². The fourth-order valence-corrected chi connectivity index (χ4v) is 2.39. The van der Waals surface area contributed by atoms with Crippen LogP contribution in [0.4, 0.5) is 0 Å². The van der Waals surface area contributed by atoms with Crippen LogP contribution in [0.5, 0.6) is 0 Å². The van der Waals surface area contributed by atoms with Crippen LogP contribution in [-0.4, -0.2) is 45.9 Å². The molecule has 7 nitrogen and oxygen atoms in total. The minimum atomic E-state index is -0.171. The van der Waals surface area contributed by atoms with Crippen molar-refractivity contribution < 1.29 is 14.1 Å². The molecule has 0 radical (unpaired) electrons. The first kappa shape index (κ1) is 12.9. The van der Waals surface area contributed by atoms with Crippen LogP contribution in [0.15, 0.2) is 16.8 Å². The van der Waals surface area contributed by atoms with Crippen molar-refractivity contribution in [1.29, 1.82) is 0 Å². The summed E-state index contributed by atoms with van der Waals surface area (Å²) in [6.45, 7) is 5.21. The Labute approximate surface area is 115 Å². The van der Waals surface area contributed by atoms with Gasteiger partial charge in [-0.3, -0.25) is 9.89 Å². The summed E-state index contributed by atoms with van der Waals surface area (Å²) < 4.78 is 10.5. The highest BCUT2D eigenvalue weighted by molar-refractivity contribution is 5.92. The number of carbonyl (C=O) groups is 1. The highest BCUT2D eigenvalue weighted by atomic mass is 16.5. The van der Waals surface area contributed by atoms with Crippen molar-refractivity contribution in [3.05, 3.63) is 35.0 Å². The summed E-state index contributed by atoms with van der Waals surface area (Å²) in [5.74, 6) is 0.472. The first-order valence-corrected chi connectivity index (χ1v) is 6.48. The van der Waals surface area contributed by atoms with Gasteiger partial charge in [-0.2, -0.15) is 5.10 Å². The van der Waals surface area contributed by atoms with Gasteiger partial charge >= 0.3 is 0 Å². The number of rotatable bonds is 2. The lowest BCUT2D eigenvalue weighted by Crippen LogP contribution is -2.44. The van der Waals surface area contributed by atoms with Gasteiger partial charge in [0.2, 0.25) is 0 Å². The molecule has 0 spiro atoms. The number of H-pyrrole nitrogens is 1. The second-order valence-electron chi connectivity index (χ2n) is 4.88. The average Bonchev–Trinajstić information content (AvgIpc) is 3.07. The van der Waals surface area contributed by atoms with Crippen molar-refractivity contribution in [2.45, 2.75) is 19.9 Å². The van der Waals surface area contributed by atoms with Gasteiger partial charge in [-0.15, -0.1) is 0 Å². The molecule has 0 bridgehead atoms. The normalized spacial score (nSPS) is 19.3. The van der Waals surface area contributed by atoms with Gasteiger partial charge in [-0.1, -0.05) is 5.16 Å². The van der Waals surface area contributed by atoms with Crippen LogP contribution in [0.1, 0.15) is 33.5 Å². The SMILES string of the molecule is Cc1cc(C(=O)N2CCOC[C@H]2c2[nH]ncc2C)no1. The maximum absolute atomic E-state index is 12.5. The van der Waals surface area contributed by atoms with Crippen LogP contribution in [0.2, 0.25) is 0 Å². The summed E-state index contributed by atoms with van der Waals surface area (Å²) in [4.78, 5) is 14.3. The fraction of sp³-hybridized carbons (Fsp3) is 0.462. The summed E-state index contributed by atoms with van der Waals surface area (Å²) in [6, 6.07) is 1.48. The molecule has 1 fully saturated rings. The summed E-state index contributed by atoms with van der Waals surface area (Å²) in [6.07, 6.45) is 1.74. The van der Waals surface area contributed by atoms with E-state index in [4.69, 9.17) is 9.26 Å². The van der Waals surface area contributed by atoms with Crippen LogP contribution in [-0.2, 0) is 4.74 Å². The minimum absolute atomic E-state index is 0.149. The molecule has 20 heavy (non-hydrogen) atoms. The van der Waals surface area contributed by atoms with Gasteiger partial charge in [-0.25, -0.2) is 0 Å². The predicted octanol–water partition coefficient (Wildman–Crippen LogP) is 1.23. The monoisotopic (exact) mass is 276 g/mol.